The van der Waals surface area contributed by atoms with Crippen LogP contribution in [0.3, 0.4) is 0 Å². The number of pyridine rings is 1. The van der Waals surface area contributed by atoms with Crippen LogP contribution in [0.5, 0.6) is 11.5 Å². The Labute approximate surface area is 189 Å². The molecule has 0 aliphatic heterocycles. The first-order chi connectivity index (χ1) is 15.7. The molecule has 3 aromatic rings. The smallest absolute Gasteiger partial charge is 0.416 e. The lowest BCUT2D eigenvalue weighted by molar-refractivity contribution is -0.383. The number of nitro benzene ring substituents is 1. The molecule has 3 rings (SSSR count). The van der Waals surface area contributed by atoms with Crippen LogP contribution in [0.25, 0.3) is 10.9 Å². The molecule has 0 fully saturated rings. The van der Waals surface area contributed by atoms with Gasteiger partial charge in [0.15, 0.2) is 17.0 Å². The first-order valence-corrected chi connectivity index (χ1v) is 10.6. The second kappa shape index (κ2) is 10.5. The van der Waals surface area contributed by atoms with Crippen LogP contribution in [0, 0.1) is 17.0 Å². The SMILES string of the molecule is COc1cc([N+](=O)[O-])c2nccc(C)c2c1OCCCCCCc1ccc(C(F)(F)F)cc1. The lowest BCUT2D eigenvalue weighted by atomic mass is 10.0. The van der Waals surface area contributed by atoms with Crippen LogP contribution in [0.4, 0.5) is 18.9 Å². The minimum atomic E-state index is -4.31. The van der Waals surface area contributed by atoms with Gasteiger partial charge in [-0.2, -0.15) is 13.2 Å². The zero-order chi connectivity index (χ0) is 24.0. The Morgan fingerprint density at radius 2 is 1.76 bits per heavy atom. The Morgan fingerprint density at radius 1 is 1.06 bits per heavy atom. The van der Waals surface area contributed by atoms with E-state index in [4.69, 9.17) is 9.47 Å². The molecule has 0 aliphatic rings. The summed E-state index contributed by atoms with van der Waals surface area (Å²) in [4.78, 5) is 15.1. The summed E-state index contributed by atoms with van der Waals surface area (Å²) in [5.74, 6) is 0.723. The van der Waals surface area contributed by atoms with E-state index in [1.807, 2.05) is 6.92 Å². The van der Waals surface area contributed by atoms with Crippen LogP contribution in [0.2, 0.25) is 0 Å². The Morgan fingerprint density at radius 3 is 2.39 bits per heavy atom. The third-order valence-corrected chi connectivity index (χ3v) is 5.42. The predicted octanol–water partition coefficient (Wildman–Crippen LogP) is 6.66. The standard InChI is InChI=1S/C24H25F3N2O4/c1-16-12-13-28-22-19(29(30)31)15-20(32-2)23(21(16)22)33-14-6-4-3-5-7-17-8-10-18(11-9-17)24(25,26)27/h8-13,15H,3-7,14H2,1-2H3. The Bertz CT molecular complexity index is 1120. The molecule has 33 heavy (non-hydrogen) atoms. The van der Waals surface area contributed by atoms with Gasteiger partial charge in [-0.3, -0.25) is 10.1 Å². The van der Waals surface area contributed by atoms with E-state index >= 15 is 0 Å². The number of fused-ring (bicyclic) bond motifs is 1. The molecule has 176 valence electrons. The van der Waals surface area contributed by atoms with Gasteiger partial charge in [-0.25, -0.2) is 4.98 Å². The van der Waals surface area contributed by atoms with E-state index in [0.29, 0.717) is 24.2 Å². The summed E-state index contributed by atoms with van der Waals surface area (Å²) < 4.78 is 49.2. The van der Waals surface area contributed by atoms with E-state index in [0.717, 1.165) is 48.9 Å². The summed E-state index contributed by atoms with van der Waals surface area (Å²) >= 11 is 0. The third-order valence-electron chi connectivity index (χ3n) is 5.42. The number of alkyl halides is 3. The van der Waals surface area contributed by atoms with E-state index in [2.05, 4.69) is 4.98 Å². The topological polar surface area (TPSA) is 74.5 Å². The molecule has 0 bridgehead atoms. The number of rotatable bonds is 10. The average molecular weight is 462 g/mol. The van der Waals surface area contributed by atoms with Crippen LogP contribution < -0.4 is 9.47 Å². The molecule has 0 atom stereocenters. The van der Waals surface area contributed by atoms with Crippen molar-refractivity contribution in [2.45, 2.75) is 45.2 Å². The van der Waals surface area contributed by atoms with Crippen LogP contribution in [-0.2, 0) is 12.6 Å². The second-order valence-electron chi connectivity index (χ2n) is 7.74. The molecule has 0 N–H and O–H groups in total. The molecule has 9 heteroatoms. The summed E-state index contributed by atoms with van der Waals surface area (Å²) in [7, 11) is 1.44. The number of unbranched alkanes of at least 4 members (excludes halogenated alkanes) is 3. The van der Waals surface area contributed by atoms with Crippen molar-refractivity contribution in [3.8, 4) is 11.5 Å². The van der Waals surface area contributed by atoms with E-state index in [1.165, 1.54) is 31.5 Å². The van der Waals surface area contributed by atoms with E-state index < -0.39 is 16.7 Å². The van der Waals surface area contributed by atoms with Crippen LogP contribution in [0.15, 0.2) is 42.6 Å². The van der Waals surface area contributed by atoms with Crippen molar-refractivity contribution in [2.75, 3.05) is 13.7 Å². The number of ether oxygens (including phenoxy) is 2. The zero-order valence-electron chi connectivity index (χ0n) is 18.4. The fraction of sp³-hybridized carbons (Fsp3) is 0.375. The van der Waals surface area contributed by atoms with E-state index in [9.17, 15) is 23.3 Å². The molecule has 6 nitrogen and oxygen atoms in total. The predicted molar refractivity (Wildman–Crippen MR) is 119 cm³/mol. The van der Waals surface area contributed by atoms with Gasteiger partial charge in [0, 0.05) is 6.20 Å². The molecule has 0 radical (unpaired) electrons. The molecule has 1 aromatic heterocycles. The molecule has 2 aromatic carbocycles. The van der Waals surface area contributed by atoms with Gasteiger partial charge in [-0.1, -0.05) is 25.0 Å². The van der Waals surface area contributed by atoms with Gasteiger partial charge in [-0.05, 0) is 55.5 Å². The quantitative estimate of drug-likeness (QED) is 0.191. The summed E-state index contributed by atoms with van der Waals surface area (Å²) in [6, 6.07) is 8.36. The van der Waals surface area contributed by atoms with Gasteiger partial charge in [0.25, 0.3) is 5.69 Å². The van der Waals surface area contributed by atoms with Gasteiger partial charge in [0.2, 0.25) is 0 Å². The first-order valence-electron chi connectivity index (χ1n) is 10.6. The fourth-order valence-corrected chi connectivity index (χ4v) is 3.67. The number of aromatic nitrogens is 1. The second-order valence-corrected chi connectivity index (χ2v) is 7.74. The van der Waals surface area contributed by atoms with Crippen molar-refractivity contribution in [2.24, 2.45) is 0 Å². The number of nitro groups is 1. The number of non-ortho nitro benzene ring substituents is 1. The average Bonchev–Trinajstić information content (AvgIpc) is 2.77. The maximum Gasteiger partial charge on any atom is 0.416 e. The highest BCUT2D eigenvalue weighted by Crippen LogP contribution is 2.42. The number of hydrogen-bond acceptors (Lipinski definition) is 5. The number of benzene rings is 2. The highest BCUT2D eigenvalue weighted by molar-refractivity contribution is 5.96. The molecule has 0 amide bonds. The molecule has 0 spiro atoms. The molecule has 0 unspecified atom stereocenters. The van der Waals surface area contributed by atoms with Gasteiger partial charge >= 0.3 is 6.18 Å². The number of methoxy groups -OCH3 is 1. The minimum Gasteiger partial charge on any atom is -0.493 e. The van der Waals surface area contributed by atoms with Gasteiger partial charge in [0.05, 0.1) is 35.7 Å². The van der Waals surface area contributed by atoms with Crippen molar-refractivity contribution < 1.29 is 27.6 Å². The number of hydrogen-bond donors (Lipinski definition) is 0. The molecular formula is C24H25F3N2O4. The monoisotopic (exact) mass is 462 g/mol. The maximum atomic E-state index is 12.6. The minimum absolute atomic E-state index is 0.138. The fourth-order valence-electron chi connectivity index (χ4n) is 3.67. The number of halogens is 3. The summed E-state index contributed by atoms with van der Waals surface area (Å²) in [5.41, 5.74) is 1.16. The summed E-state index contributed by atoms with van der Waals surface area (Å²) in [6.45, 7) is 2.24. The van der Waals surface area contributed by atoms with Crippen molar-refractivity contribution in [1.82, 2.24) is 4.98 Å². The first kappa shape index (κ1) is 24.3. The molecule has 0 saturated heterocycles. The van der Waals surface area contributed by atoms with Crippen molar-refractivity contribution >= 4 is 16.6 Å². The lowest BCUT2D eigenvalue weighted by Gasteiger charge is -2.15. The largest absolute Gasteiger partial charge is 0.493 e. The summed E-state index contributed by atoms with van der Waals surface area (Å²) in [6.07, 6.45) is 1.33. The van der Waals surface area contributed by atoms with Crippen LogP contribution in [-0.4, -0.2) is 23.6 Å². The Hall–Kier alpha value is -3.36. The highest BCUT2D eigenvalue weighted by atomic mass is 19.4. The number of nitrogens with zero attached hydrogens (tertiary/aromatic N) is 2. The van der Waals surface area contributed by atoms with Crippen molar-refractivity contribution in [1.29, 1.82) is 0 Å². The Balaban J connectivity index is 1.54. The van der Waals surface area contributed by atoms with Gasteiger partial charge < -0.3 is 9.47 Å². The summed E-state index contributed by atoms with van der Waals surface area (Å²) in [5, 5.41) is 12.0. The van der Waals surface area contributed by atoms with Crippen molar-refractivity contribution in [3.63, 3.8) is 0 Å². The normalized spacial score (nSPS) is 11.5. The van der Waals surface area contributed by atoms with Crippen LogP contribution >= 0.6 is 0 Å². The van der Waals surface area contributed by atoms with Crippen LogP contribution in [0.1, 0.15) is 42.4 Å². The van der Waals surface area contributed by atoms with Gasteiger partial charge in [-0.15, -0.1) is 0 Å². The maximum absolute atomic E-state index is 12.6. The molecule has 1 heterocycles. The highest BCUT2D eigenvalue weighted by Gasteiger charge is 2.29. The van der Waals surface area contributed by atoms with Crippen molar-refractivity contribution in [3.05, 3.63) is 69.4 Å². The molecule has 0 aliphatic carbocycles. The zero-order valence-corrected chi connectivity index (χ0v) is 18.4. The lowest BCUT2D eigenvalue weighted by Crippen LogP contribution is -2.04. The molecule has 0 saturated carbocycles. The molecular weight excluding hydrogens is 437 g/mol. The van der Waals surface area contributed by atoms with E-state index in [-0.39, 0.29) is 17.0 Å². The third kappa shape index (κ3) is 5.91. The van der Waals surface area contributed by atoms with E-state index in [1.54, 1.807) is 6.07 Å². The Kier molecular flexibility index (Phi) is 7.73. The number of aryl methyl sites for hydroxylation is 2. The van der Waals surface area contributed by atoms with Gasteiger partial charge in [0.1, 0.15) is 0 Å².